The Morgan fingerprint density at radius 2 is 1.73 bits per heavy atom. The van der Waals surface area contributed by atoms with Crippen molar-refractivity contribution in [1.82, 2.24) is 0 Å². The molecule has 0 aromatic heterocycles. The Bertz CT molecular complexity index is 461. The van der Waals surface area contributed by atoms with E-state index < -0.39 is 5.60 Å². The summed E-state index contributed by atoms with van der Waals surface area (Å²) >= 11 is 0. The topological polar surface area (TPSA) is 40.5 Å². The molecule has 0 unspecified atom stereocenters. The van der Waals surface area contributed by atoms with Crippen LogP contribution in [0.15, 0.2) is 12.7 Å². The van der Waals surface area contributed by atoms with E-state index in [9.17, 15) is 10.2 Å². The zero-order chi connectivity index (χ0) is 16.2. The number of allylic oxidation sites excluding steroid dienone is 1. The molecule has 6 atom stereocenters. The van der Waals surface area contributed by atoms with Crippen molar-refractivity contribution in [2.75, 3.05) is 6.61 Å². The molecule has 2 nitrogen and oxygen atoms in total. The van der Waals surface area contributed by atoms with Gasteiger partial charge in [0.1, 0.15) is 0 Å². The molecule has 0 saturated heterocycles. The zero-order valence-corrected chi connectivity index (χ0v) is 14.7. The maximum atomic E-state index is 11.5. The molecule has 3 fully saturated rings. The van der Waals surface area contributed by atoms with Crippen LogP contribution in [0.5, 0.6) is 0 Å². The minimum Gasteiger partial charge on any atom is -0.396 e. The number of rotatable bonds is 2. The molecule has 0 aliphatic heterocycles. The van der Waals surface area contributed by atoms with Crippen LogP contribution in [0, 0.1) is 28.1 Å². The Labute approximate surface area is 136 Å². The van der Waals surface area contributed by atoms with E-state index in [4.69, 9.17) is 0 Å². The number of aliphatic hydroxyl groups excluding tert-OH is 1. The highest BCUT2D eigenvalue weighted by molar-refractivity contribution is 5.14. The monoisotopic (exact) mass is 306 g/mol. The third kappa shape index (κ3) is 2.21. The van der Waals surface area contributed by atoms with Gasteiger partial charge in [-0.05, 0) is 73.0 Å². The van der Waals surface area contributed by atoms with Crippen molar-refractivity contribution in [3.8, 4) is 0 Å². The number of hydrogen-bond acceptors (Lipinski definition) is 2. The predicted molar refractivity (Wildman–Crippen MR) is 90.5 cm³/mol. The maximum Gasteiger partial charge on any atom is 0.0689 e. The summed E-state index contributed by atoms with van der Waals surface area (Å²) in [5.74, 6) is 0.940. The van der Waals surface area contributed by atoms with Gasteiger partial charge < -0.3 is 10.2 Å². The lowest BCUT2D eigenvalue weighted by Gasteiger charge is -2.64. The summed E-state index contributed by atoms with van der Waals surface area (Å²) in [6.07, 6.45) is 10.7. The molecule has 0 heterocycles. The molecular weight excluding hydrogens is 272 g/mol. The van der Waals surface area contributed by atoms with Crippen molar-refractivity contribution in [3.05, 3.63) is 12.7 Å². The van der Waals surface area contributed by atoms with Crippen molar-refractivity contribution in [2.45, 2.75) is 77.7 Å². The maximum absolute atomic E-state index is 11.5. The molecule has 3 aliphatic rings. The fourth-order valence-corrected chi connectivity index (χ4v) is 6.73. The predicted octanol–water partition coefficient (Wildman–Crippen LogP) is 4.31. The molecule has 0 amide bonds. The van der Waals surface area contributed by atoms with Gasteiger partial charge in [0.2, 0.25) is 0 Å². The molecule has 0 bridgehead atoms. The van der Waals surface area contributed by atoms with Gasteiger partial charge in [0, 0.05) is 6.61 Å². The van der Waals surface area contributed by atoms with Crippen LogP contribution in [-0.4, -0.2) is 22.4 Å². The molecule has 0 radical (unpaired) electrons. The fourth-order valence-electron chi connectivity index (χ4n) is 6.73. The van der Waals surface area contributed by atoms with Gasteiger partial charge in [-0.15, -0.1) is 6.58 Å². The third-order valence-corrected chi connectivity index (χ3v) is 7.98. The summed E-state index contributed by atoms with van der Waals surface area (Å²) in [6.45, 7) is 11.2. The van der Waals surface area contributed by atoms with E-state index in [2.05, 4.69) is 33.4 Å². The summed E-state index contributed by atoms with van der Waals surface area (Å²) in [6, 6.07) is 0. The smallest absolute Gasteiger partial charge is 0.0689 e. The lowest BCUT2D eigenvalue weighted by atomic mass is 9.42. The molecule has 0 aromatic rings. The van der Waals surface area contributed by atoms with Gasteiger partial charge in [0.25, 0.3) is 0 Å². The Balaban J connectivity index is 1.94. The highest BCUT2D eigenvalue weighted by Crippen LogP contribution is 2.66. The number of fused-ring (bicyclic) bond motifs is 3. The second kappa shape index (κ2) is 5.08. The minimum absolute atomic E-state index is 0.0491. The van der Waals surface area contributed by atoms with Gasteiger partial charge in [0.05, 0.1) is 5.60 Å². The number of aliphatic hydroxyl groups is 2. The SMILES string of the molecule is C=C[C@]1(C)CC[C@@H]2[C@](O)(CC[C@@H]3[C@@](C)(CO)CCC[C@]32C)C1. The number of hydrogen-bond donors (Lipinski definition) is 2. The second-order valence-corrected chi connectivity index (χ2v) is 9.49. The van der Waals surface area contributed by atoms with Crippen molar-refractivity contribution in [3.63, 3.8) is 0 Å². The summed E-state index contributed by atoms with van der Waals surface area (Å²) in [5.41, 5.74) is -0.206. The first-order valence-electron chi connectivity index (χ1n) is 9.18. The van der Waals surface area contributed by atoms with E-state index in [1.165, 1.54) is 12.8 Å². The van der Waals surface area contributed by atoms with E-state index in [-0.39, 0.29) is 16.2 Å². The van der Waals surface area contributed by atoms with Gasteiger partial charge in [0.15, 0.2) is 0 Å². The summed E-state index contributed by atoms with van der Waals surface area (Å²) in [5, 5.41) is 21.5. The first-order chi connectivity index (χ1) is 10.2. The zero-order valence-electron chi connectivity index (χ0n) is 14.7. The summed E-state index contributed by atoms with van der Waals surface area (Å²) in [7, 11) is 0. The molecule has 0 spiro atoms. The van der Waals surface area contributed by atoms with Crippen molar-refractivity contribution < 1.29 is 10.2 Å². The third-order valence-electron chi connectivity index (χ3n) is 7.98. The average Bonchev–Trinajstić information content (AvgIpc) is 2.46. The molecule has 126 valence electrons. The fraction of sp³-hybridized carbons (Fsp3) is 0.900. The van der Waals surface area contributed by atoms with Crippen LogP contribution in [0.1, 0.15) is 72.1 Å². The van der Waals surface area contributed by atoms with Crippen LogP contribution in [0.3, 0.4) is 0 Å². The van der Waals surface area contributed by atoms with Gasteiger partial charge in [-0.3, -0.25) is 0 Å². The molecule has 2 heteroatoms. The van der Waals surface area contributed by atoms with Crippen molar-refractivity contribution >= 4 is 0 Å². The van der Waals surface area contributed by atoms with Crippen molar-refractivity contribution in [1.29, 1.82) is 0 Å². The first-order valence-corrected chi connectivity index (χ1v) is 9.18. The lowest BCUT2D eigenvalue weighted by Crippen LogP contribution is -2.62. The van der Waals surface area contributed by atoms with Gasteiger partial charge in [-0.2, -0.15) is 0 Å². The van der Waals surface area contributed by atoms with E-state index in [0.717, 1.165) is 38.5 Å². The highest BCUT2D eigenvalue weighted by atomic mass is 16.3. The molecular formula is C20H34O2. The van der Waals surface area contributed by atoms with Gasteiger partial charge >= 0.3 is 0 Å². The van der Waals surface area contributed by atoms with Crippen LogP contribution in [0.25, 0.3) is 0 Å². The molecule has 3 saturated carbocycles. The Kier molecular flexibility index (Phi) is 3.81. The van der Waals surface area contributed by atoms with Gasteiger partial charge in [-0.25, -0.2) is 0 Å². The summed E-state index contributed by atoms with van der Waals surface area (Å²) < 4.78 is 0. The molecule has 3 rings (SSSR count). The summed E-state index contributed by atoms with van der Waals surface area (Å²) in [4.78, 5) is 0. The van der Waals surface area contributed by atoms with Crippen LogP contribution in [0.2, 0.25) is 0 Å². The highest BCUT2D eigenvalue weighted by Gasteiger charge is 2.62. The van der Waals surface area contributed by atoms with Gasteiger partial charge in [-0.1, -0.05) is 33.3 Å². The largest absolute Gasteiger partial charge is 0.396 e. The first kappa shape index (κ1) is 16.5. The minimum atomic E-state index is -0.528. The van der Waals surface area contributed by atoms with Crippen molar-refractivity contribution in [2.24, 2.45) is 28.1 Å². The lowest BCUT2D eigenvalue weighted by molar-refractivity contribution is -0.210. The molecule has 3 aliphatic carbocycles. The molecule has 2 N–H and O–H groups in total. The van der Waals surface area contributed by atoms with E-state index in [1.54, 1.807) is 0 Å². The molecule has 22 heavy (non-hydrogen) atoms. The van der Waals surface area contributed by atoms with Crippen LogP contribution in [-0.2, 0) is 0 Å². The quantitative estimate of drug-likeness (QED) is 0.746. The van der Waals surface area contributed by atoms with E-state index >= 15 is 0 Å². The normalized spacial score (nSPS) is 55.1. The average molecular weight is 306 g/mol. The Hall–Kier alpha value is -0.340. The molecule has 0 aromatic carbocycles. The Morgan fingerprint density at radius 3 is 2.36 bits per heavy atom. The van der Waals surface area contributed by atoms with E-state index in [1.807, 2.05) is 0 Å². The second-order valence-electron chi connectivity index (χ2n) is 9.49. The van der Waals surface area contributed by atoms with Crippen LogP contribution in [0.4, 0.5) is 0 Å². The standard InChI is InChI=1S/C20H34O2/c1-5-17(2)11-7-16-19(4)10-6-9-18(3,14-21)15(19)8-12-20(16,22)13-17/h5,15-16,21-22H,1,6-14H2,2-4H3/t15-,16+,17-,18-,19-,20+/m1/s1. The van der Waals surface area contributed by atoms with Crippen LogP contribution >= 0.6 is 0 Å². The van der Waals surface area contributed by atoms with E-state index in [0.29, 0.717) is 18.4 Å². The van der Waals surface area contributed by atoms with Crippen LogP contribution < -0.4 is 0 Å². The Morgan fingerprint density at radius 1 is 1.05 bits per heavy atom.